The largest absolute Gasteiger partial charge is 0.488 e. The number of nitrogens with zero attached hydrogens (tertiary/aromatic N) is 1. The van der Waals surface area contributed by atoms with Crippen molar-refractivity contribution >= 4 is 17.3 Å². The van der Waals surface area contributed by atoms with Gasteiger partial charge in [0.2, 0.25) is 0 Å². The molecule has 1 atom stereocenters. The van der Waals surface area contributed by atoms with Crippen LogP contribution in [0.4, 0.5) is 0 Å². The number of aliphatic hydroxyl groups is 1. The van der Waals surface area contributed by atoms with Crippen molar-refractivity contribution < 1.29 is 29.0 Å². The lowest BCUT2D eigenvalue weighted by atomic mass is 10.1. The Labute approximate surface area is 207 Å². The van der Waals surface area contributed by atoms with E-state index < -0.39 is 12.1 Å². The van der Waals surface area contributed by atoms with E-state index in [4.69, 9.17) is 19.1 Å². The van der Waals surface area contributed by atoms with Crippen LogP contribution in [-0.2, 0) is 29.2 Å². The predicted molar refractivity (Wildman–Crippen MR) is 133 cm³/mol. The standard InChI is InChI=1S/C27H27NO6S/c1-3-32-24(27(30)31)13-18-4-10-22(11-5-18)33-16-26-17(2)12-25(35-26)20-8-6-19(7-9-20)23-14-21(15-29)28-34-23/h4-12,14,24,29H,3,13,15-16H2,1-2H3,(H,30,31)/t24-/m0/s1. The second-order valence-corrected chi connectivity index (χ2v) is 9.19. The topological polar surface area (TPSA) is 102 Å². The third-order valence-electron chi connectivity index (χ3n) is 5.55. The van der Waals surface area contributed by atoms with Crippen LogP contribution in [0.25, 0.3) is 21.8 Å². The van der Waals surface area contributed by atoms with Crippen LogP contribution >= 0.6 is 11.3 Å². The lowest BCUT2D eigenvalue weighted by molar-refractivity contribution is -0.149. The molecule has 0 saturated heterocycles. The fourth-order valence-corrected chi connectivity index (χ4v) is 4.72. The van der Waals surface area contributed by atoms with Gasteiger partial charge in [-0.25, -0.2) is 4.79 Å². The lowest BCUT2D eigenvalue weighted by Crippen LogP contribution is -2.26. The Kier molecular flexibility index (Phi) is 7.97. The number of hydrogen-bond acceptors (Lipinski definition) is 7. The summed E-state index contributed by atoms with van der Waals surface area (Å²) in [6, 6.07) is 19.4. The molecule has 4 aromatic rings. The molecular weight excluding hydrogens is 466 g/mol. The smallest absolute Gasteiger partial charge is 0.333 e. The van der Waals surface area contributed by atoms with Gasteiger partial charge in [0.05, 0.1) is 6.61 Å². The zero-order chi connectivity index (χ0) is 24.8. The monoisotopic (exact) mass is 493 g/mol. The Morgan fingerprint density at radius 2 is 1.80 bits per heavy atom. The quantitative estimate of drug-likeness (QED) is 0.285. The maximum atomic E-state index is 11.3. The average Bonchev–Trinajstić information content (AvgIpc) is 3.50. The summed E-state index contributed by atoms with van der Waals surface area (Å²) in [4.78, 5) is 13.6. The van der Waals surface area contributed by atoms with Crippen molar-refractivity contribution in [2.75, 3.05) is 6.61 Å². The van der Waals surface area contributed by atoms with Crippen LogP contribution < -0.4 is 4.74 Å². The van der Waals surface area contributed by atoms with Gasteiger partial charge in [-0.3, -0.25) is 0 Å². The minimum atomic E-state index is -0.959. The number of rotatable bonds is 11. The third kappa shape index (κ3) is 6.16. The summed E-state index contributed by atoms with van der Waals surface area (Å²) in [5.41, 5.74) is 4.55. The number of thiophene rings is 1. The van der Waals surface area contributed by atoms with Crippen molar-refractivity contribution in [3.05, 3.63) is 82.4 Å². The van der Waals surface area contributed by atoms with Gasteiger partial charge in [-0.1, -0.05) is 41.6 Å². The molecule has 0 aliphatic heterocycles. The molecule has 35 heavy (non-hydrogen) atoms. The van der Waals surface area contributed by atoms with Gasteiger partial charge in [0.1, 0.15) is 18.1 Å². The molecule has 0 amide bonds. The molecule has 0 bridgehead atoms. The molecule has 4 rings (SSSR count). The minimum Gasteiger partial charge on any atom is -0.488 e. The molecule has 0 spiro atoms. The first kappa shape index (κ1) is 24.7. The third-order valence-corrected chi connectivity index (χ3v) is 6.81. The first-order valence-corrected chi connectivity index (χ1v) is 12.1. The van der Waals surface area contributed by atoms with Gasteiger partial charge in [0.15, 0.2) is 11.9 Å². The van der Waals surface area contributed by atoms with Crippen LogP contribution in [0, 0.1) is 6.92 Å². The summed E-state index contributed by atoms with van der Waals surface area (Å²) >= 11 is 1.69. The first-order chi connectivity index (χ1) is 17.0. The zero-order valence-electron chi connectivity index (χ0n) is 19.6. The molecule has 0 fully saturated rings. The van der Waals surface area contributed by atoms with E-state index in [1.807, 2.05) is 48.5 Å². The van der Waals surface area contributed by atoms with Crippen LogP contribution in [-0.4, -0.2) is 34.0 Å². The number of hydrogen-bond donors (Lipinski definition) is 2. The SMILES string of the molecule is CCO[C@@H](Cc1ccc(OCc2sc(-c3ccc(-c4cc(CO)no4)cc3)cc2C)cc1)C(=O)O. The molecule has 2 aromatic heterocycles. The highest BCUT2D eigenvalue weighted by Gasteiger charge is 2.18. The van der Waals surface area contributed by atoms with Crippen molar-refractivity contribution in [3.63, 3.8) is 0 Å². The number of aliphatic carboxylic acids is 1. The fourth-order valence-electron chi connectivity index (χ4n) is 3.63. The maximum Gasteiger partial charge on any atom is 0.333 e. The van der Waals surface area contributed by atoms with Gasteiger partial charge in [0, 0.05) is 34.4 Å². The number of carboxylic acid groups (broad SMARTS) is 1. The number of ether oxygens (including phenoxy) is 2. The summed E-state index contributed by atoms with van der Waals surface area (Å²) in [6.07, 6.45) is -0.531. The summed E-state index contributed by atoms with van der Waals surface area (Å²) in [6.45, 7) is 4.52. The van der Waals surface area contributed by atoms with Gasteiger partial charge < -0.3 is 24.2 Å². The fraction of sp³-hybridized carbons (Fsp3) is 0.259. The van der Waals surface area contributed by atoms with Gasteiger partial charge in [0.25, 0.3) is 0 Å². The Morgan fingerprint density at radius 3 is 2.43 bits per heavy atom. The van der Waals surface area contributed by atoms with E-state index in [1.54, 1.807) is 24.3 Å². The van der Waals surface area contributed by atoms with Crippen LogP contribution in [0.1, 0.15) is 28.6 Å². The second-order valence-electron chi connectivity index (χ2n) is 8.05. The van der Waals surface area contributed by atoms with Crippen molar-refractivity contribution in [2.45, 2.75) is 39.6 Å². The number of aryl methyl sites for hydroxylation is 1. The molecule has 0 aliphatic rings. The van der Waals surface area contributed by atoms with E-state index in [9.17, 15) is 9.90 Å². The van der Waals surface area contributed by atoms with Crippen LogP contribution in [0.5, 0.6) is 5.75 Å². The number of benzene rings is 2. The number of aromatic nitrogens is 1. The van der Waals surface area contributed by atoms with Crippen molar-refractivity contribution in [2.24, 2.45) is 0 Å². The molecule has 7 nitrogen and oxygen atoms in total. The van der Waals surface area contributed by atoms with E-state index >= 15 is 0 Å². The molecule has 0 aliphatic carbocycles. The molecule has 182 valence electrons. The van der Waals surface area contributed by atoms with Gasteiger partial charge >= 0.3 is 5.97 Å². The molecule has 0 radical (unpaired) electrons. The highest BCUT2D eigenvalue weighted by Crippen LogP contribution is 2.33. The van der Waals surface area contributed by atoms with E-state index in [0.717, 1.165) is 37.8 Å². The van der Waals surface area contributed by atoms with Crippen LogP contribution in [0.3, 0.4) is 0 Å². The lowest BCUT2D eigenvalue weighted by Gasteiger charge is -2.13. The highest BCUT2D eigenvalue weighted by atomic mass is 32.1. The van der Waals surface area contributed by atoms with E-state index in [2.05, 4.69) is 18.1 Å². The summed E-state index contributed by atoms with van der Waals surface area (Å²) < 4.78 is 16.5. The zero-order valence-corrected chi connectivity index (χ0v) is 20.4. The van der Waals surface area contributed by atoms with Crippen molar-refractivity contribution in [3.8, 4) is 27.5 Å². The maximum absolute atomic E-state index is 11.3. The number of aliphatic hydroxyl groups excluding tert-OH is 1. The molecule has 2 heterocycles. The summed E-state index contributed by atoms with van der Waals surface area (Å²) in [7, 11) is 0. The van der Waals surface area contributed by atoms with E-state index in [0.29, 0.717) is 31.1 Å². The predicted octanol–water partition coefficient (Wildman–Crippen LogP) is 5.48. The Bertz CT molecular complexity index is 1260. The normalized spacial score (nSPS) is 12.0. The molecule has 2 N–H and O–H groups in total. The van der Waals surface area contributed by atoms with Crippen molar-refractivity contribution in [1.82, 2.24) is 5.16 Å². The van der Waals surface area contributed by atoms with E-state index in [-0.39, 0.29) is 6.61 Å². The van der Waals surface area contributed by atoms with Crippen molar-refractivity contribution in [1.29, 1.82) is 0 Å². The van der Waals surface area contributed by atoms with Crippen LogP contribution in [0.2, 0.25) is 0 Å². The molecule has 0 unspecified atom stereocenters. The number of carbonyl (C=O) groups is 1. The molecular formula is C27H27NO6S. The molecule has 2 aromatic carbocycles. The Balaban J connectivity index is 1.38. The summed E-state index contributed by atoms with van der Waals surface area (Å²) in [5.74, 6) is 0.393. The Hall–Kier alpha value is -3.46. The average molecular weight is 494 g/mol. The second kappa shape index (κ2) is 11.3. The minimum absolute atomic E-state index is 0.149. The number of carboxylic acids is 1. The first-order valence-electron chi connectivity index (χ1n) is 11.3. The molecule has 0 saturated carbocycles. The Morgan fingerprint density at radius 1 is 1.09 bits per heavy atom. The van der Waals surface area contributed by atoms with Gasteiger partial charge in [-0.15, -0.1) is 11.3 Å². The summed E-state index contributed by atoms with van der Waals surface area (Å²) in [5, 5.41) is 22.2. The highest BCUT2D eigenvalue weighted by molar-refractivity contribution is 7.15. The molecule has 8 heteroatoms. The van der Waals surface area contributed by atoms with E-state index in [1.165, 1.54) is 0 Å². The van der Waals surface area contributed by atoms with Gasteiger partial charge in [-0.05, 0) is 48.7 Å². The van der Waals surface area contributed by atoms with Gasteiger partial charge in [-0.2, -0.15) is 0 Å². The van der Waals surface area contributed by atoms with Crippen LogP contribution in [0.15, 0.2) is 65.2 Å².